The summed E-state index contributed by atoms with van der Waals surface area (Å²) in [6.07, 6.45) is 9.92. The molecule has 0 amide bonds. The Hall–Kier alpha value is -1.31. The minimum absolute atomic E-state index is 0.150. The first-order valence-corrected chi connectivity index (χ1v) is 6.17. The fourth-order valence-electron chi connectivity index (χ4n) is 1.77. The van der Waals surface area contributed by atoms with E-state index in [1.54, 1.807) is 0 Å². The topological polar surface area (TPSA) is 24.4 Å². The summed E-state index contributed by atoms with van der Waals surface area (Å²) in [5, 5.41) is 3.37. The van der Waals surface area contributed by atoms with Gasteiger partial charge in [-0.2, -0.15) is 0 Å². The summed E-state index contributed by atoms with van der Waals surface area (Å²) in [5.41, 5.74) is 2.93. The van der Waals surface area contributed by atoms with E-state index in [-0.39, 0.29) is 5.41 Å². The summed E-state index contributed by atoms with van der Waals surface area (Å²) < 4.78 is 0. The molecule has 0 radical (unpaired) electrons. The van der Waals surface area contributed by atoms with Crippen LogP contribution in [-0.4, -0.2) is 19.4 Å². The van der Waals surface area contributed by atoms with E-state index in [9.17, 15) is 0 Å². The quantitative estimate of drug-likeness (QED) is 0.584. The van der Waals surface area contributed by atoms with Crippen molar-refractivity contribution in [3.63, 3.8) is 0 Å². The van der Waals surface area contributed by atoms with E-state index < -0.39 is 0 Å². The second kappa shape index (κ2) is 5.85. The maximum Gasteiger partial charge on any atom is 0.0928 e. The second-order valence-corrected chi connectivity index (χ2v) is 5.26. The van der Waals surface area contributed by atoms with Crippen LogP contribution in [0.25, 0.3) is 0 Å². The molecule has 0 fully saturated rings. The van der Waals surface area contributed by atoms with E-state index in [1.807, 2.05) is 14.0 Å². The van der Waals surface area contributed by atoms with Gasteiger partial charge >= 0.3 is 0 Å². The molecule has 1 aliphatic rings. The summed E-state index contributed by atoms with van der Waals surface area (Å²) in [6.45, 7) is 9.60. The molecule has 0 unspecified atom stereocenters. The lowest BCUT2D eigenvalue weighted by atomic mass is 9.82. The van der Waals surface area contributed by atoms with Crippen molar-refractivity contribution in [2.24, 2.45) is 10.4 Å². The van der Waals surface area contributed by atoms with Crippen molar-refractivity contribution in [1.29, 1.82) is 0 Å². The van der Waals surface area contributed by atoms with Crippen molar-refractivity contribution in [3.05, 3.63) is 35.5 Å². The molecule has 0 aromatic carbocycles. The lowest BCUT2D eigenvalue weighted by Gasteiger charge is -2.28. The molecule has 94 valence electrons. The van der Waals surface area contributed by atoms with Gasteiger partial charge in [0.15, 0.2) is 0 Å². The number of hydrogen-bond acceptors (Lipinski definition) is 1. The molecule has 0 aliphatic heterocycles. The van der Waals surface area contributed by atoms with E-state index in [1.165, 1.54) is 11.1 Å². The normalized spacial score (nSPS) is 17.4. The molecule has 0 spiro atoms. The van der Waals surface area contributed by atoms with Crippen molar-refractivity contribution < 1.29 is 0 Å². The molecular weight excluding hydrogens is 208 g/mol. The number of aliphatic imine (C=N–C) groups is 1. The first-order chi connectivity index (χ1) is 7.95. The number of nitrogens with zero attached hydrogens (tertiary/aromatic N) is 1. The summed E-state index contributed by atoms with van der Waals surface area (Å²) in [4.78, 5) is 4.13. The van der Waals surface area contributed by atoms with Crippen LogP contribution in [0.1, 0.15) is 34.1 Å². The standard InChI is InChI=1S/C15H24N2/c1-12-7-6-8-14(10-9-12)15(3,4)11-17-13(2)16-5/h6-7,9-10H,8,11H2,1-5H3,(H,16,17). The molecule has 2 nitrogen and oxygen atoms in total. The molecule has 2 heteroatoms. The van der Waals surface area contributed by atoms with Crippen molar-refractivity contribution in [2.45, 2.75) is 34.1 Å². The van der Waals surface area contributed by atoms with Gasteiger partial charge in [0.05, 0.1) is 5.84 Å². The number of amidine groups is 1. The monoisotopic (exact) mass is 232 g/mol. The predicted octanol–water partition coefficient (Wildman–Crippen LogP) is 3.48. The smallest absolute Gasteiger partial charge is 0.0928 e. The maximum absolute atomic E-state index is 4.13. The SMILES string of the molecule is CN=C(C)NCC(C)(C)C1=CC=C(C)C=CC1. The molecule has 0 bridgehead atoms. The fourth-order valence-corrected chi connectivity index (χ4v) is 1.77. The lowest BCUT2D eigenvalue weighted by molar-refractivity contribution is 0.431. The first-order valence-electron chi connectivity index (χ1n) is 6.17. The number of hydrogen-bond donors (Lipinski definition) is 1. The van der Waals surface area contributed by atoms with Gasteiger partial charge in [0.2, 0.25) is 0 Å². The highest BCUT2D eigenvalue weighted by molar-refractivity contribution is 5.79. The van der Waals surface area contributed by atoms with Gasteiger partial charge in [-0.05, 0) is 20.3 Å². The van der Waals surface area contributed by atoms with Gasteiger partial charge in [0.1, 0.15) is 0 Å². The third-order valence-corrected chi connectivity index (χ3v) is 3.26. The van der Waals surface area contributed by atoms with E-state index in [2.05, 4.69) is 55.4 Å². The Kier molecular flexibility index (Phi) is 4.73. The maximum atomic E-state index is 4.13. The van der Waals surface area contributed by atoms with Crippen LogP contribution >= 0.6 is 0 Å². The van der Waals surface area contributed by atoms with Crippen molar-refractivity contribution in [2.75, 3.05) is 13.6 Å². The van der Waals surface area contributed by atoms with Crippen LogP contribution in [0.2, 0.25) is 0 Å². The van der Waals surface area contributed by atoms with Crippen LogP contribution in [0.3, 0.4) is 0 Å². The summed E-state index contributed by atoms with van der Waals surface area (Å²) >= 11 is 0. The average Bonchev–Trinajstić information content (AvgIpc) is 2.51. The molecular formula is C15H24N2. The largest absolute Gasteiger partial charge is 0.373 e. The molecule has 0 atom stereocenters. The Balaban J connectivity index is 2.73. The zero-order valence-electron chi connectivity index (χ0n) is 11.7. The van der Waals surface area contributed by atoms with E-state index >= 15 is 0 Å². The van der Waals surface area contributed by atoms with Gasteiger partial charge in [-0.15, -0.1) is 0 Å². The highest BCUT2D eigenvalue weighted by Crippen LogP contribution is 2.30. The van der Waals surface area contributed by atoms with Crippen molar-refractivity contribution in [1.82, 2.24) is 5.32 Å². The van der Waals surface area contributed by atoms with Crippen LogP contribution < -0.4 is 5.32 Å². The van der Waals surface area contributed by atoms with Crippen LogP contribution in [-0.2, 0) is 0 Å². The third kappa shape index (κ3) is 4.22. The Morgan fingerprint density at radius 3 is 2.76 bits per heavy atom. The van der Waals surface area contributed by atoms with Crippen LogP contribution in [0.5, 0.6) is 0 Å². The summed E-state index contributed by atoms with van der Waals surface area (Å²) in [7, 11) is 1.81. The zero-order chi connectivity index (χ0) is 12.9. The van der Waals surface area contributed by atoms with Crippen LogP contribution in [0.4, 0.5) is 0 Å². The summed E-state index contributed by atoms with van der Waals surface area (Å²) in [6, 6.07) is 0. The molecule has 1 N–H and O–H groups in total. The average molecular weight is 232 g/mol. The Labute approximate surface area is 105 Å². The van der Waals surface area contributed by atoms with Gasteiger partial charge in [-0.3, -0.25) is 4.99 Å². The zero-order valence-corrected chi connectivity index (χ0v) is 11.7. The highest BCUT2D eigenvalue weighted by atomic mass is 15.0. The molecule has 0 saturated carbocycles. The first kappa shape index (κ1) is 13.8. The predicted molar refractivity (Wildman–Crippen MR) is 76.4 cm³/mol. The molecule has 0 aromatic rings. The third-order valence-electron chi connectivity index (χ3n) is 3.26. The summed E-state index contributed by atoms with van der Waals surface area (Å²) in [5.74, 6) is 0.995. The highest BCUT2D eigenvalue weighted by Gasteiger charge is 2.22. The fraction of sp³-hybridized carbons (Fsp3) is 0.533. The van der Waals surface area contributed by atoms with Crippen molar-refractivity contribution >= 4 is 5.84 Å². The van der Waals surface area contributed by atoms with Gasteiger partial charge in [-0.25, -0.2) is 0 Å². The van der Waals surface area contributed by atoms with Crippen molar-refractivity contribution in [3.8, 4) is 0 Å². The molecule has 0 heterocycles. The molecule has 0 aromatic heterocycles. The minimum atomic E-state index is 0.150. The van der Waals surface area contributed by atoms with E-state index in [0.717, 1.165) is 18.8 Å². The Morgan fingerprint density at radius 2 is 2.12 bits per heavy atom. The van der Waals surface area contributed by atoms with Crippen LogP contribution in [0.15, 0.2) is 40.4 Å². The van der Waals surface area contributed by atoms with E-state index in [0.29, 0.717) is 0 Å². The molecule has 1 aliphatic carbocycles. The number of allylic oxidation sites excluding steroid dienone is 5. The van der Waals surface area contributed by atoms with Gasteiger partial charge in [-0.1, -0.05) is 49.3 Å². The van der Waals surface area contributed by atoms with E-state index in [4.69, 9.17) is 0 Å². The van der Waals surface area contributed by atoms with Crippen LogP contribution in [0, 0.1) is 5.41 Å². The molecule has 0 saturated heterocycles. The minimum Gasteiger partial charge on any atom is -0.373 e. The number of nitrogens with one attached hydrogen (secondary N) is 1. The Bertz CT molecular complexity index is 382. The van der Waals surface area contributed by atoms with Gasteiger partial charge < -0.3 is 5.32 Å². The molecule has 1 rings (SSSR count). The molecule has 17 heavy (non-hydrogen) atoms. The number of rotatable bonds is 3. The lowest BCUT2D eigenvalue weighted by Crippen LogP contribution is -2.33. The van der Waals surface area contributed by atoms with Gasteiger partial charge in [0, 0.05) is 19.0 Å². The second-order valence-electron chi connectivity index (χ2n) is 5.26. The Morgan fingerprint density at radius 1 is 1.41 bits per heavy atom. The van der Waals surface area contributed by atoms with Gasteiger partial charge in [0.25, 0.3) is 0 Å².